The first-order valence-corrected chi connectivity index (χ1v) is 6.24. The van der Waals surface area contributed by atoms with Crippen LogP contribution in [-0.2, 0) is 4.79 Å². The maximum Gasteiger partial charge on any atom is 0.336 e. The zero-order chi connectivity index (χ0) is 14.5. The van der Waals surface area contributed by atoms with Gasteiger partial charge in [0.2, 0.25) is 5.95 Å². The monoisotopic (exact) mass is 312 g/mol. The molecule has 104 valence electrons. The van der Waals surface area contributed by atoms with Gasteiger partial charge in [0.25, 0.3) is 5.91 Å². The van der Waals surface area contributed by atoms with Gasteiger partial charge in [0.1, 0.15) is 0 Å². The Kier molecular flexibility index (Phi) is 4.60. The third-order valence-corrected chi connectivity index (χ3v) is 2.83. The van der Waals surface area contributed by atoms with E-state index in [0.29, 0.717) is 15.6 Å². The Balaban J connectivity index is 2.01. The molecule has 2 N–H and O–H groups in total. The van der Waals surface area contributed by atoms with Crippen molar-refractivity contribution in [3.05, 3.63) is 39.9 Å². The molecular weight excluding hydrogens is 303 g/mol. The number of carbonyl (C=O) groups is 1. The molecule has 20 heavy (non-hydrogen) atoms. The van der Waals surface area contributed by atoms with Crippen molar-refractivity contribution in [1.82, 2.24) is 15.2 Å². The van der Waals surface area contributed by atoms with Gasteiger partial charge in [0, 0.05) is 16.1 Å². The van der Waals surface area contributed by atoms with Gasteiger partial charge in [0.05, 0.1) is 7.11 Å². The lowest BCUT2D eigenvalue weighted by Gasteiger charge is -1.99. The Bertz CT molecular complexity index is 655. The van der Waals surface area contributed by atoms with Gasteiger partial charge >= 0.3 is 6.01 Å². The number of rotatable bonds is 4. The molecule has 6 nitrogen and oxygen atoms in total. The van der Waals surface area contributed by atoms with Crippen molar-refractivity contribution in [2.24, 2.45) is 0 Å². The number of nitrogens with one attached hydrogen (secondary N) is 2. The Morgan fingerprint density at radius 2 is 2.25 bits per heavy atom. The van der Waals surface area contributed by atoms with E-state index in [9.17, 15) is 4.79 Å². The highest BCUT2D eigenvalue weighted by atomic mass is 35.5. The number of amides is 1. The Morgan fingerprint density at radius 1 is 1.45 bits per heavy atom. The fraction of sp³-hybridized carbons (Fsp3) is 0.0833. The summed E-state index contributed by atoms with van der Waals surface area (Å²) >= 11 is 11.8. The Labute approximate surface area is 124 Å². The number of ether oxygens (including phenoxy) is 1. The lowest BCUT2D eigenvalue weighted by Crippen LogP contribution is -2.09. The summed E-state index contributed by atoms with van der Waals surface area (Å²) in [6, 6.07) is 5.14. The van der Waals surface area contributed by atoms with Gasteiger partial charge in [-0.2, -0.15) is 4.98 Å². The van der Waals surface area contributed by atoms with E-state index in [0.717, 1.165) is 0 Å². The maximum atomic E-state index is 11.7. The normalized spacial score (nSPS) is 10.8. The molecule has 0 aliphatic carbocycles. The van der Waals surface area contributed by atoms with E-state index in [-0.39, 0.29) is 17.9 Å². The van der Waals surface area contributed by atoms with Crippen LogP contribution in [0.15, 0.2) is 24.3 Å². The van der Waals surface area contributed by atoms with Crippen molar-refractivity contribution >= 4 is 41.1 Å². The van der Waals surface area contributed by atoms with Gasteiger partial charge in [-0.3, -0.25) is 10.1 Å². The number of aromatic amines is 1. The summed E-state index contributed by atoms with van der Waals surface area (Å²) in [6.07, 6.45) is 2.89. The quantitative estimate of drug-likeness (QED) is 0.851. The summed E-state index contributed by atoms with van der Waals surface area (Å²) in [6.45, 7) is 0. The Hall–Kier alpha value is -2.05. The average Bonchev–Trinajstić information content (AvgIpc) is 2.85. The van der Waals surface area contributed by atoms with Crippen LogP contribution < -0.4 is 10.1 Å². The molecule has 1 aromatic carbocycles. The van der Waals surface area contributed by atoms with E-state index < -0.39 is 0 Å². The molecule has 0 saturated heterocycles. The number of anilines is 1. The fourth-order valence-corrected chi connectivity index (χ4v) is 1.83. The second kappa shape index (κ2) is 6.40. The van der Waals surface area contributed by atoms with E-state index in [2.05, 4.69) is 20.5 Å². The molecule has 0 aliphatic heterocycles. The molecule has 2 rings (SSSR count). The summed E-state index contributed by atoms with van der Waals surface area (Å²) < 4.78 is 4.78. The number of halogens is 2. The smallest absolute Gasteiger partial charge is 0.336 e. The lowest BCUT2D eigenvalue weighted by molar-refractivity contribution is -0.111. The van der Waals surface area contributed by atoms with Crippen LogP contribution in [0.5, 0.6) is 6.01 Å². The van der Waals surface area contributed by atoms with Gasteiger partial charge in [0.15, 0.2) is 0 Å². The standard InChI is InChI=1S/C12H10Cl2N4O2/c1-20-12-16-11(17-18-12)15-10(19)5-3-7-2-4-8(13)6-9(7)14/h2-6H,1H3,(H2,15,16,17,18,19)/b5-3+. The van der Waals surface area contributed by atoms with E-state index in [1.165, 1.54) is 13.2 Å². The largest absolute Gasteiger partial charge is 0.466 e. The van der Waals surface area contributed by atoms with Crippen LogP contribution in [0.3, 0.4) is 0 Å². The van der Waals surface area contributed by atoms with Gasteiger partial charge in [-0.1, -0.05) is 29.3 Å². The van der Waals surface area contributed by atoms with Crippen LogP contribution >= 0.6 is 23.2 Å². The number of benzene rings is 1. The predicted molar refractivity (Wildman–Crippen MR) is 77.1 cm³/mol. The molecule has 1 aromatic heterocycles. The topological polar surface area (TPSA) is 79.9 Å². The molecule has 0 unspecified atom stereocenters. The van der Waals surface area contributed by atoms with Crippen LogP contribution in [0.2, 0.25) is 10.0 Å². The first-order chi connectivity index (χ1) is 9.58. The van der Waals surface area contributed by atoms with Gasteiger partial charge in [-0.05, 0) is 23.8 Å². The average molecular weight is 313 g/mol. The van der Waals surface area contributed by atoms with E-state index >= 15 is 0 Å². The molecule has 0 atom stereocenters. The van der Waals surface area contributed by atoms with Crippen LogP contribution in [0.4, 0.5) is 5.95 Å². The molecule has 2 aromatic rings. The van der Waals surface area contributed by atoms with Crippen molar-refractivity contribution < 1.29 is 9.53 Å². The summed E-state index contributed by atoms with van der Waals surface area (Å²) in [4.78, 5) is 15.5. The van der Waals surface area contributed by atoms with Gasteiger partial charge in [-0.15, -0.1) is 5.10 Å². The number of aromatic nitrogens is 3. The molecule has 0 saturated carbocycles. The summed E-state index contributed by atoms with van der Waals surface area (Å²) in [5.41, 5.74) is 0.682. The third kappa shape index (κ3) is 3.72. The zero-order valence-electron chi connectivity index (χ0n) is 10.4. The van der Waals surface area contributed by atoms with Crippen molar-refractivity contribution in [3.63, 3.8) is 0 Å². The molecule has 1 heterocycles. The van der Waals surface area contributed by atoms with Crippen molar-refractivity contribution in [2.45, 2.75) is 0 Å². The summed E-state index contributed by atoms with van der Waals surface area (Å²) in [5.74, 6) is -0.187. The predicted octanol–water partition coefficient (Wildman–Crippen LogP) is 2.77. The highest BCUT2D eigenvalue weighted by Crippen LogP contribution is 2.21. The van der Waals surface area contributed by atoms with Gasteiger partial charge < -0.3 is 4.74 Å². The molecule has 0 aliphatic rings. The van der Waals surface area contributed by atoms with Crippen LogP contribution in [0.25, 0.3) is 6.08 Å². The van der Waals surface area contributed by atoms with E-state index in [1.807, 2.05) is 0 Å². The number of hydrogen-bond acceptors (Lipinski definition) is 4. The summed E-state index contributed by atoms with van der Waals surface area (Å²) in [5, 5.41) is 9.69. The minimum Gasteiger partial charge on any atom is -0.466 e. The zero-order valence-corrected chi connectivity index (χ0v) is 11.9. The molecule has 8 heteroatoms. The van der Waals surface area contributed by atoms with Crippen molar-refractivity contribution in [3.8, 4) is 6.01 Å². The minimum absolute atomic E-state index is 0.144. The lowest BCUT2D eigenvalue weighted by atomic mass is 10.2. The number of nitrogens with zero attached hydrogens (tertiary/aromatic N) is 2. The van der Waals surface area contributed by atoms with Gasteiger partial charge in [-0.25, -0.2) is 5.10 Å². The van der Waals surface area contributed by atoms with Crippen molar-refractivity contribution in [2.75, 3.05) is 12.4 Å². The van der Waals surface area contributed by atoms with Crippen LogP contribution in [0.1, 0.15) is 5.56 Å². The fourth-order valence-electron chi connectivity index (χ4n) is 1.35. The molecule has 0 fully saturated rings. The van der Waals surface area contributed by atoms with E-state index in [1.54, 1.807) is 24.3 Å². The highest BCUT2D eigenvalue weighted by Gasteiger charge is 2.05. The number of carbonyl (C=O) groups excluding carboxylic acids is 1. The van der Waals surface area contributed by atoms with Crippen LogP contribution in [-0.4, -0.2) is 28.2 Å². The second-order valence-electron chi connectivity index (χ2n) is 3.66. The van der Waals surface area contributed by atoms with E-state index in [4.69, 9.17) is 27.9 Å². The first-order valence-electron chi connectivity index (χ1n) is 5.49. The summed E-state index contributed by atoms with van der Waals surface area (Å²) in [7, 11) is 1.43. The minimum atomic E-state index is -0.380. The molecule has 0 spiro atoms. The van der Waals surface area contributed by atoms with Crippen molar-refractivity contribution in [1.29, 1.82) is 0 Å². The van der Waals surface area contributed by atoms with Crippen LogP contribution in [0, 0.1) is 0 Å². The molecule has 1 amide bonds. The number of hydrogen-bond donors (Lipinski definition) is 2. The molecule has 0 bridgehead atoms. The first kappa shape index (κ1) is 14.4. The highest BCUT2D eigenvalue weighted by molar-refractivity contribution is 6.35. The SMILES string of the molecule is COc1n[nH]c(NC(=O)/C=C/c2ccc(Cl)cc2Cl)n1. The number of methoxy groups -OCH3 is 1. The maximum absolute atomic E-state index is 11.7. The Morgan fingerprint density at radius 3 is 2.90 bits per heavy atom. The third-order valence-electron chi connectivity index (χ3n) is 2.27. The second-order valence-corrected chi connectivity index (χ2v) is 4.50. The molecule has 0 radical (unpaired) electrons. The molecular formula is C12H10Cl2N4O2. The number of H-pyrrole nitrogens is 1.